The highest BCUT2D eigenvalue weighted by atomic mass is 35.5. The minimum absolute atomic E-state index is 0.0146. The number of nitrogens with zero attached hydrogens (tertiary/aromatic N) is 3. The SMILES string of the molecule is Cc1ccc(C(O)=C2C(=O)C(=O)N(c3ncc(S(=O)(=O)c4ccccc4)s3)C2c2cccc(Cl)c2)c(N2CCCCC2)c1. The van der Waals surface area contributed by atoms with Crippen LogP contribution in [0.1, 0.15) is 42.0 Å². The van der Waals surface area contributed by atoms with Crippen molar-refractivity contribution in [3.05, 3.63) is 106 Å². The average molecular weight is 634 g/mol. The number of hydrogen-bond acceptors (Lipinski definition) is 8. The molecular weight excluding hydrogens is 606 g/mol. The van der Waals surface area contributed by atoms with E-state index in [-0.39, 0.29) is 25.6 Å². The lowest BCUT2D eigenvalue weighted by Crippen LogP contribution is -2.30. The fourth-order valence-corrected chi connectivity index (χ4v) is 8.37. The summed E-state index contributed by atoms with van der Waals surface area (Å²) < 4.78 is 26.5. The number of sulfone groups is 1. The van der Waals surface area contributed by atoms with Gasteiger partial charge in [-0.05, 0) is 73.7 Å². The van der Waals surface area contributed by atoms with Crippen molar-refractivity contribution in [3.63, 3.8) is 0 Å². The molecule has 2 aliphatic heterocycles. The van der Waals surface area contributed by atoms with Crippen LogP contribution in [0.5, 0.6) is 0 Å². The Balaban J connectivity index is 1.51. The number of benzene rings is 3. The average Bonchev–Trinajstić information content (AvgIpc) is 3.61. The van der Waals surface area contributed by atoms with Crippen molar-refractivity contribution in [3.8, 4) is 0 Å². The van der Waals surface area contributed by atoms with Crippen LogP contribution in [0.3, 0.4) is 0 Å². The molecule has 1 unspecified atom stereocenters. The van der Waals surface area contributed by atoms with E-state index in [1.807, 2.05) is 19.1 Å². The molecule has 2 fully saturated rings. The van der Waals surface area contributed by atoms with E-state index in [0.29, 0.717) is 16.1 Å². The number of carbonyl (C=O) groups is 2. The van der Waals surface area contributed by atoms with E-state index in [1.165, 1.54) is 18.3 Å². The highest BCUT2D eigenvalue weighted by molar-refractivity contribution is 7.93. The maximum atomic E-state index is 13.8. The molecule has 1 amide bonds. The summed E-state index contributed by atoms with van der Waals surface area (Å²) in [5.41, 5.74) is 2.60. The van der Waals surface area contributed by atoms with Crippen LogP contribution in [-0.4, -0.2) is 43.3 Å². The molecule has 1 aromatic heterocycles. The maximum absolute atomic E-state index is 13.8. The molecule has 11 heteroatoms. The Labute approximate surface area is 258 Å². The van der Waals surface area contributed by atoms with Crippen molar-refractivity contribution in [2.75, 3.05) is 22.9 Å². The Kier molecular flexibility index (Phi) is 7.85. The highest BCUT2D eigenvalue weighted by Crippen LogP contribution is 2.45. The van der Waals surface area contributed by atoms with Gasteiger partial charge in [0.2, 0.25) is 9.84 Å². The zero-order valence-electron chi connectivity index (χ0n) is 23.2. The van der Waals surface area contributed by atoms with E-state index in [2.05, 4.69) is 9.88 Å². The monoisotopic (exact) mass is 633 g/mol. The summed E-state index contributed by atoms with van der Waals surface area (Å²) in [6.45, 7) is 3.59. The number of aliphatic hydroxyl groups is 1. The van der Waals surface area contributed by atoms with Crippen LogP contribution in [0, 0.1) is 6.92 Å². The molecular formula is C32H28ClN3O5S2. The fourth-order valence-electron chi connectivity index (χ4n) is 5.61. The number of halogens is 1. The van der Waals surface area contributed by atoms with Crippen molar-refractivity contribution in [1.29, 1.82) is 0 Å². The first-order chi connectivity index (χ1) is 20.7. The number of aliphatic hydroxyl groups excluding tert-OH is 1. The highest BCUT2D eigenvalue weighted by Gasteiger charge is 2.48. The molecule has 0 saturated carbocycles. The number of Topliss-reactive ketones (excluding diaryl/α,β-unsaturated/α-hetero) is 1. The van der Waals surface area contributed by atoms with Crippen LogP contribution >= 0.6 is 22.9 Å². The summed E-state index contributed by atoms with van der Waals surface area (Å²) in [5.74, 6) is -2.12. The summed E-state index contributed by atoms with van der Waals surface area (Å²) in [4.78, 5) is 35.2. The third-order valence-electron chi connectivity index (χ3n) is 7.71. The molecule has 1 N–H and O–H groups in total. The van der Waals surface area contributed by atoms with Crippen LogP contribution in [0.15, 0.2) is 93.7 Å². The van der Waals surface area contributed by atoms with Crippen LogP contribution in [0.4, 0.5) is 10.8 Å². The third kappa shape index (κ3) is 5.35. The topological polar surface area (TPSA) is 108 Å². The number of anilines is 2. The van der Waals surface area contributed by atoms with Crippen molar-refractivity contribution in [2.24, 2.45) is 0 Å². The third-order valence-corrected chi connectivity index (χ3v) is 11.2. The van der Waals surface area contributed by atoms with Gasteiger partial charge in [0.05, 0.1) is 22.7 Å². The first-order valence-electron chi connectivity index (χ1n) is 13.9. The molecule has 3 heterocycles. The van der Waals surface area contributed by atoms with E-state index < -0.39 is 27.6 Å². The summed E-state index contributed by atoms with van der Waals surface area (Å²) >= 11 is 7.13. The smallest absolute Gasteiger partial charge is 0.301 e. The van der Waals surface area contributed by atoms with Crippen LogP contribution < -0.4 is 9.80 Å². The maximum Gasteiger partial charge on any atom is 0.301 e. The van der Waals surface area contributed by atoms with Crippen molar-refractivity contribution in [1.82, 2.24) is 4.98 Å². The minimum atomic E-state index is -3.92. The van der Waals surface area contributed by atoms with Gasteiger partial charge in [-0.3, -0.25) is 14.5 Å². The predicted molar refractivity (Wildman–Crippen MR) is 167 cm³/mol. The Morgan fingerprint density at radius 2 is 1.72 bits per heavy atom. The molecule has 6 rings (SSSR count). The number of hydrogen-bond donors (Lipinski definition) is 1. The Morgan fingerprint density at radius 3 is 2.44 bits per heavy atom. The first kappa shape index (κ1) is 29.1. The fraction of sp³-hybridized carbons (Fsp3) is 0.219. The zero-order valence-corrected chi connectivity index (χ0v) is 25.6. The molecule has 1 atom stereocenters. The minimum Gasteiger partial charge on any atom is -0.507 e. The molecule has 2 aliphatic rings. The molecule has 2 saturated heterocycles. The zero-order chi connectivity index (χ0) is 30.3. The lowest BCUT2D eigenvalue weighted by atomic mass is 9.94. The van der Waals surface area contributed by atoms with E-state index in [1.54, 1.807) is 48.5 Å². The number of aryl methyl sites for hydroxylation is 1. The Hall–Kier alpha value is -3.99. The molecule has 8 nitrogen and oxygen atoms in total. The van der Waals surface area contributed by atoms with Crippen LogP contribution in [0.25, 0.3) is 5.76 Å². The predicted octanol–water partition coefficient (Wildman–Crippen LogP) is 6.55. The van der Waals surface area contributed by atoms with E-state index in [0.717, 1.165) is 59.8 Å². The summed E-state index contributed by atoms with van der Waals surface area (Å²) in [5, 5.41) is 12.3. The molecule has 220 valence electrons. The number of carbonyl (C=O) groups excluding carboxylic acids is 2. The molecule has 43 heavy (non-hydrogen) atoms. The summed E-state index contributed by atoms with van der Waals surface area (Å²) in [7, 11) is -3.92. The lowest BCUT2D eigenvalue weighted by molar-refractivity contribution is -0.132. The van der Waals surface area contributed by atoms with Gasteiger partial charge in [-0.2, -0.15) is 0 Å². The quantitative estimate of drug-likeness (QED) is 0.146. The second-order valence-corrected chi connectivity index (χ2v) is 14.2. The second-order valence-electron chi connectivity index (χ2n) is 10.6. The largest absolute Gasteiger partial charge is 0.507 e. The van der Waals surface area contributed by atoms with Gasteiger partial charge >= 0.3 is 5.91 Å². The molecule has 0 spiro atoms. The first-order valence-corrected chi connectivity index (χ1v) is 16.5. The summed E-state index contributed by atoms with van der Waals surface area (Å²) in [6.07, 6.45) is 4.34. The van der Waals surface area contributed by atoms with E-state index >= 15 is 0 Å². The number of amides is 1. The number of piperidine rings is 1. The van der Waals surface area contributed by atoms with Gasteiger partial charge in [-0.25, -0.2) is 13.4 Å². The molecule has 0 aliphatic carbocycles. The second kappa shape index (κ2) is 11.6. The van der Waals surface area contributed by atoms with Crippen molar-refractivity contribution >= 4 is 61.0 Å². The summed E-state index contributed by atoms with van der Waals surface area (Å²) in [6, 6.07) is 19.1. The van der Waals surface area contributed by atoms with Crippen molar-refractivity contribution in [2.45, 2.75) is 41.3 Å². The normalized spacial score (nSPS) is 18.8. The van der Waals surface area contributed by atoms with Gasteiger partial charge in [-0.15, -0.1) is 0 Å². The lowest BCUT2D eigenvalue weighted by Gasteiger charge is -2.31. The van der Waals surface area contributed by atoms with Gasteiger partial charge in [0.1, 0.15) is 9.97 Å². The number of aromatic nitrogens is 1. The van der Waals surface area contributed by atoms with Gasteiger partial charge in [0.25, 0.3) is 5.78 Å². The molecule has 3 aromatic carbocycles. The number of ketones is 1. The van der Waals surface area contributed by atoms with Crippen LogP contribution in [0.2, 0.25) is 5.02 Å². The Bertz CT molecular complexity index is 1860. The van der Waals surface area contributed by atoms with Crippen LogP contribution in [-0.2, 0) is 19.4 Å². The van der Waals surface area contributed by atoms with Gasteiger partial charge in [0.15, 0.2) is 5.13 Å². The number of rotatable bonds is 6. The van der Waals surface area contributed by atoms with Gasteiger partial charge in [0, 0.05) is 29.4 Å². The molecule has 4 aromatic rings. The van der Waals surface area contributed by atoms with E-state index in [9.17, 15) is 23.1 Å². The van der Waals surface area contributed by atoms with Crippen molar-refractivity contribution < 1.29 is 23.1 Å². The van der Waals surface area contributed by atoms with E-state index in [4.69, 9.17) is 11.6 Å². The van der Waals surface area contributed by atoms with Gasteiger partial charge in [-0.1, -0.05) is 59.3 Å². The molecule has 0 radical (unpaired) electrons. The Morgan fingerprint density at radius 1 is 0.977 bits per heavy atom. The van der Waals surface area contributed by atoms with Gasteiger partial charge < -0.3 is 10.0 Å². The molecule has 0 bridgehead atoms. The standard InChI is InChI=1S/C32H28ClN3O5S2/c1-20-13-14-24(25(17-20)35-15-6-3-7-16-35)29(37)27-28(21-9-8-10-22(33)18-21)36(31(39)30(27)38)32-34-19-26(42-32)43(40,41)23-11-4-2-5-12-23/h2,4-5,8-14,17-19,28,37H,3,6-7,15-16H2,1H3. The number of thiazole rings is 1.